The van der Waals surface area contributed by atoms with Gasteiger partial charge in [0.15, 0.2) is 5.96 Å². The van der Waals surface area contributed by atoms with Crippen LogP contribution in [0.15, 0.2) is 4.99 Å². The van der Waals surface area contributed by atoms with Crippen LogP contribution in [-0.2, 0) is 24.0 Å². The van der Waals surface area contributed by atoms with Crippen LogP contribution in [-0.4, -0.2) is 89.6 Å². The third-order valence-electron chi connectivity index (χ3n) is 4.99. The number of rotatable bonds is 19. The molecule has 0 saturated heterocycles. The Bertz CT molecular complexity index is 775. The highest BCUT2D eigenvalue weighted by molar-refractivity contribution is 5.94. The van der Waals surface area contributed by atoms with Crippen molar-refractivity contribution in [2.24, 2.45) is 33.7 Å². The van der Waals surface area contributed by atoms with Crippen LogP contribution < -0.4 is 44.6 Å². The number of carboxylic acid groups (broad SMARTS) is 1. The Morgan fingerprint density at radius 2 is 1.33 bits per heavy atom. The lowest BCUT2D eigenvalue weighted by atomic mass is 10.1. The van der Waals surface area contributed by atoms with Crippen LogP contribution in [0.4, 0.5) is 0 Å². The molecule has 0 spiro atoms. The summed E-state index contributed by atoms with van der Waals surface area (Å²) in [7, 11) is 0. The Morgan fingerprint density at radius 3 is 1.86 bits per heavy atom. The van der Waals surface area contributed by atoms with Crippen LogP contribution >= 0.6 is 0 Å². The maximum absolute atomic E-state index is 12.9. The van der Waals surface area contributed by atoms with E-state index in [0.29, 0.717) is 19.4 Å². The summed E-state index contributed by atoms with van der Waals surface area (Å²) in [5.41, 5.74) is 26.7. The van der Waals surface area contributed by atoms with Crippen LogP contribution in [0.2, 0.25) is 0 Å². The molecule has 206 valence electrons. The number of aliphatic carboxylic acids is 1. The molecule has 16 heteroatoms. The number of hydrogen-bond acceptors (Lipinski definition) is 9. The van der Waals surface area contributed by atoms with Gasteiger partial charge in [-0.15, -0.1) is 0 Å². The minimum Gasteiger partial charge on any atom is -0.480 e. The molecule has 0 rings (SSSR count). The highest BCUT2D eigenvalue weighted by Crippen LogP contribution is 2.04. The molecule has 0 aliphatic carbocycles. The molecule has 15 N–H and O–H groups in total. The van der Waals surface area contributed by atoms with Crippen molar-refractivity contribution in [1.29, 1.82) is 0 Å². The Balaban J connectivity index is 5.32. The fraction of sp³-hybridized carbons (Fsp3) is 0.700. The van der Waals surface area contributed by atoms with Gasteiger partial charge >= 0.3 is 5.97 Å². The first kappa shape index (κ1) is 32.5. The third kappa shape index (κ3) is 14.0. The van der Waals surface area contributed by atoms with Gasteiger partial charge in [0.05, 0.1) is 12.6 Å². The normalized spacial score (nSPS) is 14.0. The number of carbonyl (C=O) groups is 5. The molecule has 0 radical (unpaired) electrons. The number of amides is 4. The second-order valence-corrected chi connectivity index (χ2v) is 8.05. The molecule has 16 nitrogen and oxygen atoms in total. The van der Waals surface area contributed by atoms with Gasteiger partial charge in [0.2, 0.25) is 23.6 Å². The fourth-order valence-electron chi connectivity index (χ4n) is 2.97. The van der Waals surface area contributed by atoms with E-state index in [-0.39, 0.29) is 44.6 Å². The van der Waals surface area contributed by atoms with E-state index in [1.54, 1.807) is 0 Å². The van der Waals surface area contributed by atoms with Crippen molar-refractivity contribution >= 4 is 35.6 Å². The van der Waals surface area contributed by atoms with Crippen molar-refractivity contribution in [2.75, 3.05) is 19.7 Å². The van der Waals surface area contributed by atoms with E-state index in [2.05, 4.69) is 20.9 Å². The summed E-state index contributed by atoms with van der Waals surface area (Å²) in [5, 5.41) is 25.9. The molecule has 0 heterocycles. The summed E-state index contributed by atoms with van der Waals surface area (Å²) in [6, 6.07) is -5.07. The van der Waals surface area contributed by atoms with Crippen molar-refractivity contribution in [3.05, 3.63) is 0 Å². The predicted octanol–water partition coefficient (Wildman–Crippen LogP) is -4.71. The molecule has 0 aliphatic rings. The minimum absolute atomic E-state index is 0.0352. The van der Waals surface area contributed by atoms with Gasteiger partial charge in [0.1, 0.15) is 18.1 Å². The Hall–Kier alpha value is -3.50. The predicted molar refractivity (Wildman–Crippen MR) is 130 cm³/mol. The maximum atomic E-state index is 12.9. The molecule has 4 amide bonds. The smallest absolute Gasteiger partial charge is 0.326 e. The van der Waals surface area contributed by atoms with Gasteiger partial charge in [-0.25, -0.2) is 4.79 Å². The number of aliphatic hydroxyl groups is 1. The van der Waals surface area contributed by atoms with Crippen molar-refractivity contribution in [3.63, 3.8) is 0 Å². The van der Waals surface area contributed by atoms with Crippen LogP contribution in [0.3, 0.4) is 0 Å². The summed E-state index contributed by atoms with van der Waals surface area (Å²) in [5.74, 6) is -4.59. The average molecular weight is 518 g/mol. The monoisotopic (exact) mass is 517 g/mol. The van der Waals surface area contributed by atoms with Crippen molar-refractivity contribution in [2.45, 2.75) is 69.1 Å². The maximum Gasteiger partial charge on any atom is 0.326 e. The first-order valence-corrected chi connectivity index (χ1v) is 11.5. The Morgan fingerprint density at radius 1 is 0.778 bits per heavy atom. The zero-order valence-corrected chi connectivity index (χ0v) is 20.2. The average Bonchev–Trinajstić information content (AvgIpc) is 2.81. The summed E-state index contributed by atoms with van der Waals surface area (Å²) in [6.45, 7) is -0.333. The number of hydrogen-bond donors (Lipinski definition) is 10. The molecule has 0 aliphatic heterocycles. The Labute approximate surface area is 208 Å². The van der Waals surface area contributed by atoms with E-state index in [1.165, 1.54) is 0 Å². The molecule has 0 fully saturated rings. The van der Waals surface area contributed by atoms with Gasteiger partial charge < -0.3 is 54.8 Å². The van der Waals surface area contributed by atoms with Gasteiger partial charge in [-0.05, 0) is 45.1 Å². The zero-order valence-electron chi connectivity index (χ0n) is 20.2. The van der Waals surface area contributed by atoms with Gasteiger partial charge in [-0.3, -0.25) is 24.2 Å². The molecule has 0 aromatic carbocycles. The summed E-state index contributed by atoms with van der Waals surface area (Å²) < 4.78 is 0. The van der Waals surface area contributed by atoms with E-state index in [1.807, 2.05) is 0 Å². The van der Waals surface area contributed by atoms with Crippen LogP contribution in [0.25, 0.3) is 0 Å². The molecule has 0 bridgehead atoms. The number of nitrogens with one attached hydrogen (secondary N) is 3. The molecular weight excluding hydrogens is 478 g/mol. The number of nitrogens with two attached hydrogens (primary N) is 5. The van der Waals surface area contributed by atoms with Crippen LogP contribution in [0.5, 0.6) is 0 Å². The molecule has 36 heavy (non-hydrogen) atoms. The van der Waals surface area contributed by atoms with E-state index >= 15 is 0 Å². The number of guanidine groups is 1. The summed E-state index contributed by atoms with van der Waals surface area (Å²) in [6.07, 6.45) is 1.21. The van der Waals surface area contributed by atoms with E-state index in [0.717, 1.165) is 0 Å². The molecule has 4 atom stereocenters. The highest BCUT2D eigenvalue weighted by atomic mass is 16.4. The second kappa shape index (κ2) is 17.9. The summed E-state index contributed by atoms with van der Waals surface area (Å²) >= 11 is 0. The zero-order chi connectivity index (χ0) is 27.7. The van der Waals surface area contributed by atoms with E-state index < -0.39 is 60.4 Å². The highest BCUT2D eigenvalue weighted by Gasteiger charge is 2.29. The summed E-state index contributed by atoms with van der Waals surface area (Å²) in [4.78, 5) is 63.9. The quantitative estimate of drug-likeness (QED) is 0.0440. The standard InChI is InChI=1S/C20H39N9O7/c21-8-2-1-4-13(19(35)36)28-18(34)14(10-30)29-17(33)12(5-3-9-26-20(24)25)27-16(32)11(22)6-7-15(23)31/h11-14,30H,1-10,21-22H2,(H2,23,31)(H,27,32)(H,28,34)(H,29,33)(H,35,36)(H4,24,25,26). The molecule has 0 aromatic heterocycles. The number of primary amides is 1. The SMILES string of the molecule is NCCCCC(NC(=O)C(CO)NC(=O)C(CCCN=C(N)N)NC(=O)C(N)CCC(N)=O)C(=O)O. The topological polar surface area (TPSA) is 304 Å². The molecular formula is C20H39N9O7. The fourth-order valence-corrected chi connectivity index (χ4v) is 2.97. The number of unbranched alkanes of at least 4 members (excludes halogenated alkanes) is 1. The van der Waals surface area contributed by atoms with Gasteiger partial charge in [-0.1, -0.05) is 0 Å². The lowest BCUT2D eigenvalue weighted by molar-refractivity contribution is -0.142. The van der Waals surface area contributed by atoms with Crippen LogP contribution in [0, 0.1) is 0 Å². The van der Waals surface area contributed by atoms with Crippen molar-refractivity contribution in [3.8, 4) is 0 Å². The van der Waals surface area contributed by atoms with E-state index in [4.69, 9.17) is 28.7 Å². The molecule has 0 aromatic rings. The largest absolute Gasteiger partial charge is 0.480 e. The number of aliphatic imine (C=N–C) groups is 1. The molecule has 4 unspecified atom stereocenters. The van der Waals surface area contributed by atoms with E-state index in [9.17, 15) is 34.2 Å². The second-order valence-electron chi connectivity index (χ2n) is 8.05. The first-order chi connectivity index (χ1) is 16.9. The van der Waals surface area contributed by atoms with Gasteiger partial charge in [-0.2, -0.15) is 0 Å². The minimum atomic E-state index is -1.49. The van der Waals surface area contributed by atoms with Gasteiger partial charge in [0, 0.05) is 13.0 Å². The third-order valence-corrected chi connectivity index (χ3v) is 4.99. The number of carboxylic acids is 1. The Kier molecular flexibility index (Phi) is 16.1. The van der Waals surface area contributed by atoms with Crippen LogP contribution in [0.1, 0.15) is 44.9 Å². The van der Waals surface area contributed by atoms with Crippen molar-refractivity contribution < 1.29 is 34.2 Å². The lowest BCUT2D eigenvalue weighted by Crippen LogP contribution is -2.58. The lowest BCUT2D eigenvalue weighted by Gasteiger charge is -2.24. The number of nitrogens with zero attached hydrogens (tertiary/aromatic N) is 1. The van der Waals surface area contributed by atoms with Crippen molar-refractivity contribution in [1.82, 2.24) is 16.0 Å². The van der Waals surface area contributed by atoms with Gasteiger partial charge in [0.25, 0.3) is 0 Å². The molecule has 0 saturated carbocycles. The number of carbonyl (C=O) groups excluding carboxylic acids is 4. The number of aliphatic hydroxyl groups excluding tert-OH is 1. The first-order valence-electron chi connectivity index (χ1n) is 11.5.